The van der Waals surface area contributed by atoms with Crippen molar-refractivity contribution in [3.05, 3.63) is 47.2 Å². The fourth-order valence-corrected chi connectivity index (χ4v) is 1.82. The number of furan rings is 1. The van der Waals surface area contributed by atoms with Crippen molar-refractivity contribution in [2.24, 2.45) is 5.10 Å². The summed E-state index contributed by atoms with van der Waals surface area (Å²) in [5, 5.41) is 4.44. The van der Waals surface area contributed by atoms with Crippen molar-refractivity contribution in [3.63, 3.8) is 0 Å². The quantitative estimate of drug-likeness (QED) is 0.516. The highest BCUT2D eigenvalue weighted by atomic mass is 35.5. The van der Waals surface area contributed by atoms with Crippen LogP contribution in [0.2, 0.25) is 5.02 Å². The van der Waals surface area contributed by atoms with Crippen molar-refractivity contribution in [3.8, 4) is 11.3 Å². The first-order valence-corrected chi connectivity index (χ1v) is 7.27. The number of carbonyl (C=O) groups is 1. The summed E-state index contributed by atoms with van der Waals surface area (Å²) in [6, 6.07) is 10.5. The molecule has 5 nitrogen and oxygen atoms in total. The Bertz CT molecular complexity index is 610. The maximum atomic E-state index is 11.1. The number of benzene rings is 1. The topological polar surface area (TPSA) is 66.6 Å². The lowest BCUT2D eigenvalue weighted by Gasteiger charge is -1.97. The molecule has 1 aromatic heterocycles. The zero-order chi connectivity index (χ0) is 14.4. The second-order valence-electron chi connectivity index (χ2n) is 3.71. The molecule has 1 aromatic carbocycles. The fraction of sp³-hybridized carbons (Fsp3) is 0.0769. The van der Waals surface area contributed by atoms with E-state index < -0.39 is 6.03 Å². The molecule has 0 atom stereocenters. The Hall–Kier alpha value is -1.92. The molecule has 2 aromatic rings. The van der Waals surface area contributed by atoms with Gasteiger partial charge < -0.3 is 4.42 Å². The second-order valence-corrected chi connectivity index (χ2v) is 4.76. The molecule has 1 heterocycles. The Labute approximate surface area is 125 Å². The summed E-state index contributed by atoms with van der Waals surface area (Å²) in [6.07, 6.45) is 3.17. The number of nitrogens with one attached hydrogen (secondary N) is 2. The van der Waals surface area contributed by atoms with E-state index in [1.165, 1.54) is 18.2 Å². The van der Waals surface area contributed by atoms with Crippen LogP contribution in [0.25, 0.3) is 11.3 Å². The van der Waals surface area contributed by atoms with E-state index in [1.54, 1.807) is 24.5 Å². The summed E-state index contributed by atoms with van der Waals surface area (Å²) in [6.45, 7) is 0. The molecule has 0 aliphatic carbocycles. The minimum Gasteiger partial charge on any atom is -0.455 e. The van der Waals surface area contributed by atoms with Crippen LogP contribution in [0.15, 0.2) is 45.9 Å². The van der Waals surface area contributed by atoms with Gasteiger partial charge in [0.25, 0.3) is 0 Å². The van der Waals surface area contributed by atoms with Crippen molar-refractivity contribution >= 4 is 35.8 Å². The number of rotatable bonds is 4. The van der Waals surface area contributed by atoms with Crippen LogP contribution in [0.5, 0.6) is 0 Å². The zero-order valence-corrected chi connectivity index (χ0v) is 12.2. The van der Waals surface area contributed by atoms with E-state index in [0.717, 1.165) is 5.56 Å². The molecular weight excluding hydrogens is 298 g/mol. The Morgan fingerprint density at radius 3 is 2.75 bits per heavy atom. The van der Waals surface area contributed by atoms with Gasteiger partial charge in [0.2, 0.25) is 0 Å². The molecule has 0 spiro atoms. The Morgan fingerprint density at radius 2 is 2.05 bits per heavy atom. The fourth-order valence-electron chi connectivity index (χ4n) is 1.46. The highest BCUT2D eigenvalue weighted by Crippen LogP contribution is 2.23. The SMILES string of the molecule is CSNC(=O)N/N=C/c1ccc(-c2ccc(Cl)cc2)o1. The van der Waals surface area contributed by atoms with Gasteiger partial charge in [-0.2, -0.15) is 5.10 Å². The minimum atomic E-state index is -0.391. The molecule has 20 heavy (non-hydrogen) atoms. The number of nitrogens with zero attached hydrogens (tertiary/aromatic N) is 1. The van der Waals surface area contributed by atoms with E-state index in [9.17, 15) is 4.79 Å². The van der Waals surface area contributed by atoms with Crippen molar-refractivity contribution in [1.82, 2.24) is 10.1 Å². The largest absolute Gasteiger partial charge is 0.455 e. The summed E-state index contributed by atoms with van der Waals surface area (Å²) >= 11 is 7.02. The molecule has 0 saturated heterocycles. The van der Waals surface area contributed by atoms with Crippen molar-refractivity contribution in [2.75, 3.05) is 6.26 Å². The highest BCUT2D eigenvalue weighted by molar-refractivity contribution is 7.97. The van der Waals surface area contributed by atoms with Crippen LogP contribution in [-0.4, -0.2) is 18.5 Å². The van der Waals surface area contributed by atoms with Gasteiger partial charge in [0.1, 0.15) is 11.5 Å². The molecule has 2 rings (SSSR count). The first-order valence-electron chi connectivity index (χ1n) is 5.67. The molecule has 0 saturated carbocycles. The lowest BCUT2D eigenvalue weighted by atomic mass is 10.2. The maximum Gasteiger partial charge on any atom is 0.345 e. The molecule has 0 bridgehead atoms. The first-order chi connectivity index (χ1) is 9.69. The number of hydrazone groups is 1. The van der Waals surface area contributed by atoms with Crippen molar-refractivity contribution < 1.29 is 9.21 Å². The van der Waals surface area contributed by atoms with Crippen molar-refractivity contribution in [1.29, 1.82) is 0 Å². The number of hydrogen-bond donors (Lipinski definition) is 2. The van der Waals surface area contributed by atoms with Gasteiger partial charge in [-0.25, -0.2) is 10.2 Å². The monoisotopic (exact) mass is 309 g/mol. The summed E-state index contributed by atoms with van der Waals surface area (Å²) < 4.78 is 8.06. The summed E-state index contributed by atoms with van der Waals surface area (Å²) in [5.41, 5.74) is 3.23. The van der Waals surface area contributed by atoms with Gasteiger partial charge in [-0.1, -0.05) is 23.5 Å². The smallest absolute Gasteiger partial charge is 0.345 e. The van der Waals surface area contributed by atoms with Crippen LogP contribution in [0, 0.1) is 0 Å². The van der Waals surface area contributed by atoms with Crippen LogP contribution in [0.3, 0.4) is 0 Å². The third kappa shape index (κ3) is 4.04. The number of amides is 2. The molecule has 0 aliphatic heterocycles. The second kappa shape index (κ2) is 7.02. The van der Waals surface area contributed by atoms with E-state index in [4.69, 9.17) is 16.0 Å². The molecular formula is C13H12ClN3O2S. The number of urea groups is 1. The van der Waals surface area contributed by atoms with Gasteiger partial charge in [-0.3, -0.25) is 4.72 Å². The number of carbonyl (C=O) groups excluding carboxylic acids is 1. The highest BCUT2D eigenvalue weighted by Gasteiger charge is 2.03. The lowest BCUT2D eigenvalue weighted by Crippen LogP contribution is -2.26. The van der Waals surface area contributed by atoms with Crippen LogP contribution < -0.4 is 10.1 Å². The van der Waals surface area contributed by atoms with Gasteiger partial charge in [-0.15, -0.1) is 0 Å². The lowest BCUT2D eigenvalue weighted by molar-refractivity contribution is 0.247. The molecule has 2 amide bonds. The number of hydrogen-bond acceptors (Lipinski definition) is 4. The molecule has 0 radical (unpaired) electrons. The van der Waals surface area contributed by atoms with Gasteiger partial charge >= 0.3 is 6.03 Å². The average molecular weight is 310 g/mol. The van der Waals surface area contributed by atoms with Gasteiger partial charge in [0.05, 0.1) is 6.21 Å². The molecule has 7 heteroatoms. The predicted molar refractivity (Wildman–Crippen MR) is 81.9 cm³/mol. The zero-order valence-electron chi connectivity index (χ0n) is 10.6. The summed E-state index contributed by atoms with van der Waals surface area (Å²) in [4.78, 5) is 11.1. The van der Waals surface area contributed by atoms with Crippen LogP contribution in [0.1, 0.15) is 5.76 Å². The van der Waals surface area contributed by atoms with E-state index in [-0.39, 0.29) is 0 Å². The van der Waals surface area contributed by atoms with Crippen LogP contribution >= 0.6 is 23.5 Å². The Kier molecular flexibility index (Phi) is 5.09. The van der Waals surface area contributed by atoms with E-state index in [2.05, 4.69) is 15.2 Å². The maximum absolute atomic E-state index is 11.1. The first kappa shape index (κ1) is 14.5. The molecule has 0 unspecified atom stereocenters. The predicted octanol–water partition coefficient (Wildman–Crippen LogP) is 3.51. The summed E-state index contributed by atoms with van der Waals surface area (Å²) in [7, 11) is 0. The van der Waals surface area contributed by atoms with E-state index in [1.807, 2.05) is 18.2 Å². The molecule has 104 valence electrons. The normalized spacial score (nSPS) is 10.7. The van der Waals surface area contributed by atoms with Gasteiger partial charge in [-0.05, 0) is 36.4 Å². The minimum absolute atomic E-state index is 0.391. The molecule has 0 aliphatic rings. The van der Waals surface area contributed by atoms with Crippen LogP contribution in [0.4, 0.5) is 4.79 Å². The Balaban J connectivity index is 2.00. The van der Waals surface area contributed by atoms with E-state index in [0.29, 0.717) is 16.5 Å². The summed E-state index contributed by atoms with van der Waals surface area (Å²) in [5.74, 6) is 1.25. The molecule has 0 fully saturated rings. The number of halogens is 1. The van der Waals surface area contributed by atoms with E-state index >= 15 is 0 Å². The standard InChI is InChI=1S/C13H12ClN3O2S/c1-20-17-13(18)16-15-8-11-6-7-12(19-11)9-2-4-10(14)5-3-9/h2-8H,1H3,(H2,16,17,18)/b15-8+. The van der Waals surface area contributed by atoms with Crippen molar-refractivity contribution in [2.45, 2.75) is 0 Å². The Morgan fingerprint density at radius 1 is 1.30 bits per heavy atom. The molecule has 2 N–H and O–H groups in total. The van der Waals surface area contributed by atoms with Gasteiger partial charge in [0, 0.05) is 16.8 Å². The van der Waals surface area contributed by atoms with Gasteiger partial charge in [0.15, 0.2) is 0 Å². The third-order valence-electron chi connectivity index (χ3n) is 2.31. The third-order valence-corrected chi connectivity index (χ3v) is 2.95. The average Bonchev–Trinajstić information content (AvgIpc) is 2.89. The van der Waals surface area contributed by atoms with Crippen LogP contribution in [-0.2, 0) is 0 Å².